The summed E-state index contributed by atoms with van der Waals surface area (Å²) in [7, 11) is 0. The van der Waals surface area contributed by atoms with E-state index in [9.17, 15) is 0 Å². The van der Waals surface area contributed by atoms with Crippen molar-refractivity contribution in [1.82, 2.24) is 0 Å². The molecule has 2 aromatic carbocycles. The van der Waals surface area contributed by atoms with Crippen LogP contribution in [0.1, 0.15) is 233 Å². The molecular formula is C55H92O6. The van der Waals surface area contributed by atoms with E-state index in [2.05, 4.69) is 121 Å². The van der Waals surface area contributed by atoms with Gasteiger partial charge in [-0.1, -0.05) is 184 Å². The van der Waals surface area contributed by atoms with Gasteiger partial charge in [0.15, 0.2) is 12.6 Å². The average Bonchev–Trinajstić information content (AvgIpc) is 4.14. The predicted octanol–water partition coefficient (Wildman–Crippen LogP) is 15.0. The smallest absolute Gasteiger partial charge is 0.197 e. The van der Waals surface area contributed by atoms with Crippen LogP contribution >= 0.6 is 0 Å². The van der Waals surface area contributed by atoms with Crippen LogP contribution in [0.5, 0.6) is 11.5 Å². The van der Waals surface area contributed by atoms with Crippen molar-refractivity contribution in [2.45, 2.75) is 253 Å². The molecule has 6 heteroatoms. The Morgan fingerprint density at radius 2 is 0.738 bits per heavy atom. The number of epoxide rings is 2. The lowest BCUT2D eigenvalue weighted by atomic mass is 9.71. The lowest BCUT2D eigenvalue weighted by Gasteiger charge is -2.36. The van der Waals surface area contributed by atoms with Crippen LogP contribution in [0.3, 0.4) is 0 Å². The molecule has 6 nitrogen and oxygen atoms in total. The number of rotatable bonds is 32. The molecule has 4 unspecified atom stereocenters. The maximum absolute atomic E-state index is 7.04. The zero-order chi connectivity index (χ0) is 44.8. The van der Waals surface area contributed by atoms with Crippen molar-refractivity contribution in [3.05, 3.63) is 57.6 Å². The largest absolute Gasteiger partial charge is 0.465 e. The van der Waals surface area contributed by atoms with E-state index in [0.717, 1.165) is 56.8 Å². The Kier molecular flexibility index (Phi) is 20.0. The number of unbranched alkanes of at least 4 members (excludes halogenated alkanes) is 8. The first kappa shape index (κ1) is 51.5. The minimum Gasteiger partial charge on any atom is -0.465 e. The summed E-state index contributed by atoms with van der Waals surface area (Å²) in [6, 6.07) is 10.0. The fraction of sp³-hybridized carbons (Fsp3) is 0.782. The molecule has 0 saturated carbocycles. The van der Waals surface area contributed by atoms with E-state index in [-0.39, 0.29) is 46.4 Å². The molecule has 2 heterocycles. The van der Waals surface area contributed by atoms with Gasteiger partial charge in [-0.3, -0.25) is 0 Å². The highest BCUT2D eigenvalue weighted by atomic mass is 16.7. The third-order valence-electron chi connectivity index (χ3n) is 13.6. The maximum atomic E-state index is 7.04. The van der Waals surface area contributed by atoms with Gasteiger partial charge in [0.1, 0.15) is 23.7 Å². The molecule has 0 radical (unpaired) electrons. The molecule has 2 aromatic rings. The minimum atomic E-state index is -0.379. The SMILES string of the molecule is CCCCCC(C)(C)c1cc(Cc2cc(C(C)(C)CCCCC)c(OC(C)OCC3CO3)c(C(C)(C)CCCCC)c2)cc(C(C)(C)CCCCC)c1OC(C)OCC1CO1. The van der Waals surface area contributed by atoms with Gasteiger partial charge in [-0.25, -0.2) is 0 Å². The first-order valence-electron chi connectivity index (χ1n) is 25.0. The number of ether oxygens (including phenoxy) is 6. The summed E-state index contributed by atoms with van der Waals surface area (Å²) in [6.07, 6.45) is 19.4. The van der Waals surface area contributed by atoms with E-state index < -0.39 is 0 Å². The summed E-state index contributed by atoms with van der Waals surface area (Å²) in [5.41, 5.74) is 7.57. The lowest BCUT2D eigenvalue weighted by Crippen LogP contribution is -2.28. The molecule has 2 saturated heterocycles. The fourth-order valence-electron chi connectivity index (χ4n) is 9.10. The van der Waals surface area contributed by atoms with Crippen molar-refractivity contribution >= 4 is 0 Å². The van der Waals surface area contributed by atoms with E-state index in [0.29, 0.717) is 13.2 Å². The highest BCUT2D eigenvalue weighted by Gasteiger charge is 2.36. The minimum absolute atomic E-state index is 0.0910. The van der Waals surface area contributed by atoms with Gasteiger partial charge >= 0.3 is 0 Å². The molecule has 0 N–H and O–H groups in total. The van der Waals surface area contributed by atoms with Gasteiger partial charge in [0.2, 0.25) is 0 Å². The van der Waals surface area contributed by atoms with E-state index in [1.807, 2.05) is 0 Å². The second-order valence-corrected chi connectivity index (χ2v) is 21.5. The van der Waals surface area contributed by atoms with Crippen LogP contribution in [-0.2, 0) is 47.0 Å². The van der Waals surface area contributed by atoms with Gasteiger partial charge in [-0.05, 0) is 78.7 Å². The van der Waals surface area contributed by atoms with Gasteiger partial charge in [-0.15, -0.1) is 0 Å². The van der Waals surface area contributed by atoms with E-state index >= 15 is 0 Å². The van der Waals surface area contributed by atoms with Crippen LogP contribution in [0.25, 0.3) is 0 Å². The molecule has 0 aromatic heterocycles. The van der Waals surface area contributed by atoms with Crippen molar-refractivity contribution in [3.63, 3.8) is 0 Å². The second kappa shape index (κ2) is 23.7. The molecule has 2 aliphatic rings. The summed E-state index contributed by atoms with van der Waals surface area (Å²) in [6.45, 7) is 35.5. The third kappa shape index (κ3) is 16.1. The molecule has 0 spiro atoms. The third-order valence-corrected chi connectivity index (χ3v) is 13.6. The number of hydrogen-bond donors (Lipinski definition) is 0. The Morgan fingerprint density at radius 1 is 0.475 bits per heavy atom. The Hall–Kier alpha value is -2.12. The first-order valence-corrected chi connectivity index (χ1v) is 25.0. The van der Waals surface area contributed by atoms with Crippen molar-refractivity contribution in [1.29, 1.82) is 0 Å². The molecule has 0 amide bonds. The summed E-state index contributed by atoms with van der Waals surface area (Å²) in [5.74, 6) is 2.06. The van der Waals surface area contributed by atoms with Crippen molar-refractivity contribution in [2.75, 3.05) is 26.4 Å². The Morgan fingerprint density at radius 3 is 0.967 bits per heavy atom. The van der Waals surface area contributed by atoms with Crippen LogP contribution < -0.4 is 9.47 Å². The molecule has 4 rings (SSSR count). The first-order chi connectivity index (χ1) is 28.9. The Balaban J connectivity index is 1.94. The van der Waals surface area contributed by atoms with Crippen LogP contribution in [0.2, 0.25) is 0 Å². The van der Waals surface area contributed by atoms with Crippen LogP contribution in [0.4, 0.5) is 0 Å². The fourth-order valence-corrected chi connectivity index (χ4v) is 9.10. The quantitative estimate of drug-likeness (QED) is 0.0415. The van der Waals surface area contributed by atoms with Gasteiger partial charge in [-0.2, -0.15) is 0 Å². The zero-order valence-electron chi connectivity index (χ0n) is 41.9. The number of benzene rings is 2. The van der Waals surface area contributed by atoms with Gasteiger partial charge in [0, 0.05) is 22.3 Å². The van der Waals surface area contributed by atoms with Crippen LogP contribution in [0, 0.1) is 0 Å². The highest BCUT2D eigenvalue weighted by molar-refractivity contribution is 5.55. The van der Waals surface area contributed by atoms with Crippen molar-refractivity contribution in [3.8, 4) is 11.5 Å². The second-order valence-electron chi connectivity index (χ2n) is 21.5. The molecule has 2 fully saturated rings. The summed E-state index contributed by atoms with van der Waals surface area (Å²) in [4.78, 5) is 0. The van der Waals surface area contributed by atoms with Crippen molar-refractivity contribution < 1.29 is 28.4 Å². The van der Waals surface area contributed by atoms with Gasteiger partial charge < -0.3 is 28.4 Å². The Bertz CT molecular complexity index is 1390. The molecule has 0 bridgehead atoms. The standard InChI is InChI=1S/C55H92O6/c1-15-19-23-27-52(7,8)46-32-42(33-47(53(9,10)28-24-20-16-2)50(46)60-40(5)56-36-44-38-58-44)31-43-34-48(54(11,12)29-25-21-17-3)51(61-41(6)57-37-45-39-59-45)49(35-43)55(13,14)30-26-22-18-4/h32-35,40-41,44-45H,15-31,36-39H2,1-14H3. The molecule has 4 atom stereocenters. The summed E-state index contributed by atoms with van der Waals surface area (Å²) >= 11 is 0. The summed E-state index contributed by atoms with van der Waals surface area (Å²) < 4.78 is 37.7. The van der Waals surface area contributed by atoms with E-state index in [1.165, 1.54) is 110 Å². The van der Waals surface area contributed by atoms with Gasteiger partial charge in [0.25, 0.3) is 0 Å². The van der Waals surface area contributed by atoms with Gasteiger partial charge in [0.05, 0.1) is 26.4 Å². The van der Waals surface area contributed by atoms with Crippen LogP contribution in [0.15, 0.2) is 24.3 Å². The topological polar surface area (TPSA) is 62.0 Å². The number of hydrogen-bond acceptors (Lipinski definition) is 6. The summed E-state index contributed by atoms with van der Waals surface area (Å²) in [5, 5.41) is 0. The molecule has 0 aliphatic carbocycles. The normalized spacial score (nSPS) is 18.0. The molecular weight excluding hydrogens is 757 g/mol. The Labute approximate surface area is 375 Å². The molecule has 2 aliphatic heterocycles. The van der Waals surface area contributed by atoms with E-state index in [4.69, 9.17) is 28.4 Å². The highest BCUT2D eigenvalue weighted by Crippen LogP contribution is 2.48. The maximum Gasteiger partial charge on any atom is 0.197 e. The zero-order valence-corrected chi connectivity index (χ0v) is 41.9. The molecule has 348 valence electrons. The molecule has 61 heavy (non-hydrogen) atoms. The predicted molar refractivity (Wildman–Crippen MR) is 256 cm³/mol. The van der Waals surface area contributed by atoms with Crippen molar-refractivity contribution in [2.24, 2.45) is 0 Å². The van der Waals surface area contributed by atoms with Crippen LogP contribution in [-0.4, -0.2) is 51.2 Å². The average molecular weight is 849 g/mol. The lowest BCUT2D eigenvalue weighted by molar-refractivity contribution is -0.0727. The van der Waals surface area contributed by atoms with E-state index in [1.54, 1.807) is 0 Å². The monoisotopic (exact) mass is 849 g/mol.